The van der Waals surface area contributed by atoms with Crippen molar-refractivity contribution in [2.75, 3.05) is 0 Å². The largest absolute Gasteiger partial charge is 0.461 e. The number of ether oxygens (including phenoxy) is 2. The first kappa shape index (κ1) is 18.7. The van der Waals surface area contributed by atoms with Crippen LogP contribution in [0.3, 0.4) is 0 Å². The van der Waals surface area contributed by atoms with Crippen LogP contribution in [0.5, 0.6) is 0 Å². The Balaban J connectivity index is 1.32. The molecule has 2 heterocycles. The van der Waals surface area contributed by atoms with Gasteiger partial charge in [-0.3, -0.25) is 9.59 Å². The Bertz CT molecular complexity index is 715. The molecule has 2 spiro atoms. The van der Waals surface area contributed by atoms with Crippen molar-refractivity contribution in [3.8, 4) is 0 Å². The predicted octanol–water partition coefficient (Wildman–Crippen LogP) is 3.52. The van der Waals surface area contributed by atoms with Gasteiger partial charge in [-0.25, -0.2) is 0 Å². The maximum Gasteiger partial charge on any atom is 0.312 e. The van der Waals surface area contributed by atoms with Gasteiger partial charge in [-0.05, 0) is 44.9 Å². The zero-order chi connectivity index (χ0) is 19.7. The van der Waals surface area contributed by atoms with E-state index in [1.54, 1.807) is 0 Å². The van der Waals surface area contributed by atoms with Gasteiger partial charge in [-0.2, -0.15) is 0 Å². The Morgan fingerprint density at radius 1 is 1.04 bits per heavy atom. The highest BCUT2D eigenvalue weighted by atomic mass is 16.6. The Morgan fingerprint density at radius 2 is 1.75 bits per heavy atom. The molecule has 1 saturated heterocycles. The summed E-state index contributed by atoms with van der Waals surface area (Å²) in [5.74, 6) is -0.100. The summed E-state index contributed by atoms with van der Waals surface area (Å²) >= 11 is 0. The first-order chi connectivity index (χ1) is 13.3. The quantitative estimate of drug-likeness (QED) is 0.594. The second-order valence-corrected chi connectivity index (χ2v) is 10.8. The third kappa shape index (κ3) is 2.61. The molecule has 0 unspecified atom stereocenters. The fourth-order valence-electron chi connectivity index (χ4n) is 6.43. The lowest BCUT2D eigenvalue weighted by molar-refractivity contribution is -0.163. The topological polar surface area (TPSA) is 64.6 Å². The summed E-state index contributed by atoms with van der Waals surface area (Å²) in [6.45, 7) is 5.86. The molecule has 1 N–H and O–H groups in total. The Labute approximate surface area is 167 Å². The molecule has 3 saturated carbocycles. The maximum absolute atomic E-state index is 13.3. The van der Waals surface area contributed by atoms with Gasteiger partial charge in [0.2, 0.25) is 5.91 Å². The van der Waals surface area contributed by atoms with E-state index in [-0.39, 0.29) is 53.0 Å². The molecule has 6 atom stereocenters. The normalized spacial score (nSPS) is 42.5. The van der Waals surface area contributed by atoms with Crippen LogP contribution in [-0.4, -0.2) is 36.2 Å². The van der Waals surface area contributed by atoms with E-state index in [2.05, 4.69) is 11.4 Å². The predicted molar refractivity (Wildman–Crippen MR) is 104 cm³/mol. The molecule has 2 bridgehead atoms. The number of hydrogen-bond donors (Lipinski definition) is 1. The molecule has 2 aliphatic heterocycles. The number of carbonyl (C=O) groups is 2. The van der Waals surface area contributed by atoms with Crippen molar-refractivity contribution in [3.05, 3.63) is 12.2 Å². The Kier molecular flexibility index (Phi) is 4.04. The lowest BCUT2D eigenvalue weighted by atomic mass is 9.77. The van der Waals surface area contributed by atoms with Crippen LogP contribution in [-0.2, 0) is 19.1 Å². The maximum atomic E-state index is 13.3. The molecule has 28 heavy (non-hydrogen) atoms. The molecular formula is C23H33NO4. The first-order valence-electron chi connectivity index (χ1n) is 11.1. The smallest absolute Gasteiger partial charge is 0.312 e. The fraction of sp³-hybridized carbons (Fsp3) is 0.826. The summed E-state index contributed by atoms with van der Waals surface area (Å²) in [7, 11) is 0. The van der Waals surface area contributed by atoms with E-state index in [0.717, 1.165) is 51.4 Å². The minimum absolute atomic E-state index is 0.0117. The van der Waals surface area contributed by atoms with Gasteiger partial charge < -0.3 is 14.8 Å². The lowest BCUT2D eigenvalue weighted by Crippen LogP contribution is -2.52. The Hall–Kier alpha value is -1.36. The van der Waals surface area contributed by atoms with Crippen LogP contribution in [0.2, 0.25) is 0 Å². The second kappa shape index (κ2) is 6.07. The van der Waals surface area contributed by atoms with Gasteiger partial charge in [0.25, 0.3) is 0 Å². The lowest BCUT2D eigenvalue weighted by Gasteiger charge is -2.39. The molecule has 5 aliphatic rings. The minimum atomic E-state index is -0.403. The molecule has 5 rings (SSSR count). The van der Waals surface area contributed by atoms with Crippen LogP contribution in [0, 0.1) is 22.2 Å². The molecule has 0 aromatic rings. The number of nitrogens with one attached hydrogen (secondary N) is 1. The number of hydrogen-bond acceptors (Lipinski definition) is 4. The van der Waals surface area contributed by atoms with Gasteiger partial charge in [0.15, 0.2) is 0 Å². The number of carbonyl (C=O) groups excluding carboxylic acids is 2. The van der Waals surface area contributed by atoms with E-state index in [9.17, 15) is 9.59 Å². The van der Waals surface area contributed by atoms with Crippen LogP contribution in [0.4, 0.5) is 0 Å². The third-order valence-corrected chi connectivity index (χ3v) is 8.20. The molecule has 0 aromatic carbocycles. The van der Waals surface area contributed by atoms with Gasteiger partial charge in [-0.1, -0.05) is 39.3 Å². The molecule has 4 fully saturated rings. The summed E-state index contributed by atoms with van der Waals surface area (Å²) in [5.41, 5.74) is -0.473. The van der Waals surface area contributed by atoms with Crippen molar-refractivity contribution in [3.63, 3.8) is 0 Å². The highest BCUT2D eigenvalue weighted by molar-refractivity contribution is 5.81. The molecule has 0 radical (unpaired) electrons. The number of esters is 1. The van der Waals surface area contributed by atoms with E-state index < -0.39 is 5.41 Å². The number of fused-ring (bicyclic) bond motifs is 3. The summed E-state index contributed by atoms with van der Waals surface area (Å²) in [6, 6.07) is 0.116. The Morgan fingerprint density at radius 3 is 2.43 bits per heavy atom. The van der Waals surface area contributed by atoms with E-state index in [0.29, 0.717) is 0 Å². The summed E-state index contributed by atoms with van der Waals surface area (Å²) in [4.78, 5) is 25.9. The number of amides is 1. The highest BCUT2D eigenvalue weighted by Gasteiger charge is 2.67. The van der Waals surface area contributed by atoms with E-state index >= 15 is 0 Å². The zero-order valence-electron chi connectivity index (χ0n) is 17.3. The second-order valence-electron chi connectivity index (χ2n) is 10.8. The SMILES string of the molecule is CC(C)(C)C(=O)N[C@@H]1CCC[C@@]12CCC[C@H]2OC(=O)[C@H]1[C@H]2C=C[C@H](O2)C12CC2. The van der Waals surface area contributed by atoms with E-state index in [4.69, 9.17) is 9.47 Å². The number of rotatable bonds is 3. The van der Waals surface area contributed by atoms with Crippen LogP contribution in [0.1, 0.15) is 72.1 Å². The molecule has 1 amide bonds. The van der Waals surface area contributed by atoms with Crippen LogP contribution in [0.25, 0.3) is 0 Å². The summed E-state index contributed by atoms with van der Waals surface area (Å²) < 4.78 is 12.3. The first-order valence-corrected chi connectivity index (χ1v) is 11.1. The molecule has 154 valence electrons. The van der Waals surface area contributed by atoms with Crippen molar-refractivity contribution in [1.29, 1.82) is 0 Å². The van der Waals surface area contributed by atoms with Gasteiger partial charge in [0, 0.05) is 22.3 Å². The average molecular weight is 388 g/mol. The molecule has 5 nitrogen and oxygen atoms in total. The molecule has 5 heteroatoms. The monoisotopic (exact) mass is 387 g/mol. The van der Waals surface area contributed by atoms with Crippen molar-refractivity contribution in [2.45, 2.75) is 96.5 Å². The van der Waals surface area contributed by atoms with Crippen molar-refractivity contribution < 1.29 is 19.1 Å². The van der Waals surface area contributed by atoms with Gasteiger partial charge in [0.05, 0.1) is 18.1 Å². The average Bonchev–Trinajstić information content (AvgIpc) is 3.01. The van der Waals surface area contributed by atoms with Crippen molar-refractivity contribution in [1.82, 2.24) is 5.32 Å². The fourth-order valence-corrected chi connectivity index (χ4v) is 6.43. The van der Waals surface area contributed by atoms with Gasteiger partial charge in [0.1, 0.15) is 6.10 Å². The standard InChI is InChI=1S/C23H33NO4/c1-21(2,3)20(26)24-15-6-4-10-22(15)11-5-7-16(22)28-19(25)18-14-8-9-17(27-14)23(18)12-13-23/h8-9,14-18H,4-7,10-13H2,1-3H3,(H,24,26)/t14-,15-,16-,17+,18-,22-/m1/s1. The van der Waals surface area contributed by atoms with Crippen LogP contribution in [0.15, 0.2) is 12.2 Å². The van der Waals surface area contributed by atoms with Crippen molar-refractivity contribution in [2.24, 2.45) is 22.2 Å². The van der Waals surface area contributed by atoms with Crippen LogP contribution < -0.4 is 5.32 Å². The van der Waals surface area contributed by atoms with E-state index in [1.807, 2.05) is 26.8 Å². The molecule has 0 aromatic heterocycles. The third-order valence-electron chi connectivity index (χ3n) is 8.20. The summed E-state index contributed by atoms with van der Waals surface area (Å²) in [6.07, 6.45) is 12.4. The van der Waals surface area contributed by atoms with Crippen LogP contribution >= 0.6 is 0 Å². The minimum Gasteiger partial charge on any atom is -0.461 e. The van der Waals surface area contributed by atoms with Gasteiger partial charge in [-0.15, -0.1) is 0 Å². The summed E-state index contributed by atoms with van der Waals surface area (Å²) in [5, 5.41) is 3.31. The zero-order valence-corrected chi connectivity index (χ0v) is 17.3. The van der Waals surface area contributed by atoms with Crippen molar-refractivity contribution >= 4 is 11.9 Å². The van der Waals surface area contributed by atoms with E-state index in [1.165, 1.54) is 0 Å². The molecular weight excluding hydrogens is 354 g/mol. The molecule has 3 aliphatic carbocycles. The highest BCUT2D eigenvalue weighted by Crippen LogP contribution is 2.64. The van der Waals surface area contributed by atoms with Gasteiger partial charge >= 0.3 is 5.97 Å².